The minimum absolute atomic E-state index is 0.00546. The maximum Gasteiger partial charge on any atom is 0.490 e. The summed E-state index contributed by atoms with van der Waals surface area (Å²) >= 11 is 0. The van der Waals surface area contributed by atoms with E-state index in [-0.39, 0.29) is 11.6 Å². The molecule has 50 heavy (non-hydrogen) atoms. The number of benzene rings is 2. The van der Waals surface area contributed by atoms with Crippen LogP contribution in [-0.4, -0.2) is 104 Å². The SMILES string of the molecule is N#Cc1ccc(Cn2cncc2CN2CCc3ccc(N)cc3C2)cc1.O=C(O)C(F)(F)F.O=C1C=C(N2CC2)C(=O)C(N2CC2)=C1N1CC1. The zero-order valence-electron chi connectivity index (χ0n) is 27.1. The highest BCUT2D eigenvalue weighted by Gasteiger charge is 2.43. The van der Waals surface area contributed by atoms with Gasteiger partial charge in [-0.25, -0.2) is 9.78 Å². The molecule has 1 aromatic heterocycles. The third kappa shape index (κ3) is 8.32. The number of halogens is 3. The number of carboxylic acid groups (broad SMARTS) is 1. The Morgan fingerprint density at radius 1 is 0.900 bits per heavy atom. The van der Waals surface area contributed by atoms with Gasteiger partial charge in [-0.15, -0.1) is 0 Å². The summed E-state index contributed by atoms with van der Waals surface area (Å²) < 4.78 is 33.9. The number of hydrogen-bond donors (Lipinski definition) is 2. The van der Waals surface area contributed by atoms with Crippen LogP contribution in [0.15, 0.2) is 78.2 Å². The summed E-state index contributed by atoms with van der Waals surface area (Å²) in [4.78, 5) is 46.1. The lowest BCUT2D eigenvalue weighted by Gasteiger charge is -2.29. The number of nitrogens with zero attached hydrogens (tertiary/aromatic N) is 7. The smallest absolute Gasteiger partial charge is 0.475 e. The van der Waals surface area contributed by atoms with Gasteiger partial charge < -0.3 is 30.1 Å². The molecule has 3 saturated heterocycles. The van der Waals surface area contributed by atoms with Gasteiger partial charge in [-0.1, -0.05) is 18.2 Å². The molecule has 3 fully saturated rings. The Hall–Kier alpha value is -5.62. The fraction of sp³-hybridized carbons (Fsp3) is 0.343. The van der Waals surface area contributed by atoms with Gasteiger partial charge in [0.2, 0.25) is 11.6 Å². The predicted octanol–water partition coefficient (Wildman–Crippen LogP) is 2.76. The van der Waals surface area contributed by atoms with Crippen molar-refractivity contribution in [1.29, 1.82) is 5.26 Å². The van der Waals surface area contributed by atoms with Gasteiger partial charge in [0, 0.05) is 83.4 Å². The predicted molar refractivity (Wildman–Crippen MR) is 175 cm³/mol. The number of nitrogens with two attached hydrogens (primary N) is 1. The van der Waals surface area contributed by atoms with Crippen LogP contribution in [0.25, 0.3) is 0 Å². The number of carboxylic acids is 1. The topological polar surface area (TPSA) is 151 Å². The standard InChI is InChI=1S/C21H21N5.C12H13N3O2.C2HF3O2/c22-10-16-1-3-17(4-2-16)12-26-15-24-11-21(26)14-25-8-7-18-5-6-20(23)9-19(18)13-25;16-9-7-8(13-1-2-13)12(17)11(15-5-6-15)10(9)14-3-4-14;3-2(4,5)1(6)7/h1-6,9,11,15H,7-8,12-14,23H2;7H,1-6H2;(H,6,7). The Kier molecular flexibility index (Phi) is 9.65. The lowest BCUT2D eigenvalue weighted by molar-refractivity contribution is -0.192. The van der Waals surface area contributed by atoms with E-state index in [2.05, 4.69) is 32.7 Å². The fourth-order valence-corrected chi connectivity index (χ4v) is 5.78. The molecule has 260 valence electrons. The van der Waals surface area contributed by atoms with E-state index in [1.807, 2.05) is 57.6 Å². The molecule has 0 unspecified atom stereocenters. The number of aliphatic carboxylic acids is 1. The van der Waals surface area contributed by atoms with Gasteiger partial charge in [-0.2, -0.15) is 18.4 Å². The van der Waals surface area contributed by atoms with Crippen LogP contribution < -0.4 is 5.73 Å². The van der Waals surface area contributed by atoms with Crippen LogP contribution in [-0.2, 0) is 40.4 Å². The van der Waals surface area contributed by atoms with Crippen LogP contribution in [0, 0.1) is 11.3 Å². The maximum atomic E-state index is 12.4. The van der Waals surface area contributed by atoms with E-state index in [0.29, 0.717) is 22.7 Å². The van der Waals surface area contributed by atoms with Crippen LogP contribution in [0.4, 0.5) is 18.9 Å². The summed E-state index contributed by atoms with van der Waals surface area (Å²) in [6.45, 7) is 8.99. The number of allylic oxidation sites excluding steroid dienone is 1. The Morgan fingerprint density at radius 3 is 2.14 bits per heavy atom. The lowest BCUT2D eigenvalue weighted by atomic mass is 9.99. The minimum atomic E-state index is -5.08. The molecule has 0 radical (unpaired) electrons. The molecule has 2 aromatic carbocycles. The molecule has 0 bridgehead atoms. The van der Waals surface area contributed by atoms with Crippen molar-refractivity contribution in [2.75, 3.05) is 51.5 Å². The summed E-state index contributed by atoms with van der Waals surface area (Å²) in [5.41, 5.74) is 14.4. The highest BCUT2D eigenvalue weighted by molar-refractivity contribution is 6.22. The molecule has 5 heterocycles. The van der Waals surface area contributed by atoms with Gasteiger partial charge in [0.15, 0.2) is 0 Å². The number of carbonyl (C=O) groups excluding carboxylic acids is 2. The molecule has 1 aliphatic carbocycles. The van der Waals surface area contributed by atoms with Gasteiger partial charge in [0.25, 0.3) is 0 Å². The Balaban J connectivity index is 0.000000154. The van der Waals surface area contributed by atoms with Gasteiger partial charge in [-0.3, -0.25) is 14.5 Å². The number of rotatable bonds is 7. The van der Waals surface area contributed by atoms with Crippen LogP contribution in [0.2, 0.25) is 0 Å². The van der Waals surface area contributed by atoms with E-state index in [1.165, 1.54) is 28.5 Å². The summed E-state index contributed by atoms with van der Waals surface area (Å²) in [7, 11) is 0. The van der Waals surface area contributed by atoms with Crippen LogP contribution in [0.3, 0.4) is 0 Å². The van der Waals surface area contributed by atoms with E-state index in [9.17, 15) is 22.8 Å². The molecular weight excluding hydrogens is 653 g/mol. The minimum Gasteiger partial charge on any atom is -0.475 e. The average molecular weight is 689 g/mol. The summed E-state index contributed by atoms with van der Waals surface area (Å²) in [6.07, 6.45) is 1.32. The number of alkyl halides is 3. The molecule has 3 aromatic rings. The van der Waals surface area contributed by atoms with Crippen molar-refractivity contribution < 1.29 is 32.7 Å². The van der Waals surface area contributed by atoms with Crippen molar-refractivity contribution in [2.45, 2.75) is 32.2 Å². The number of nitriles is 1. The maximum absolute atomic E-state index is 12.4. The molecule has 0 atom stereocenters. The molecular formula is C35H35F3N8O4. The number of nitrogen functional groups attached to an aromatic ring is 1. The highest BCUT2D eigenvalue weighted by Crippen LogP contribution is 2.34. The first kappa shape index (κ1) is 34.3. The molecule has 8 rings (SSSR count). The largest absolute Gasteiger partial charge is 0.490 e. The third-order valence-electron chi connectivity index (χ3n) is 8.67. The molecule has 0 amide bonds. The van der Waals surface area contributed by atoms with Gasteiger partial charge in [-0.05, 0) is 47.4 Å². The number of fused-ring (bicyclic) bond motifs is 1. The first-order valence-corrected chi connectivity index (χ1v) is 16.1. The summed E-state index contributed by atoms with van der Waals surface area (Å²) in [6, 6.07) is 16.1. The van der Waals surface area contributed by atoms with E-state index in [1.54, 1.807) is 0 Å². The summed E-state index contributed by atoms with van der Waals surface area (Å²) in [5.74, 6) is -2.71. The number of Topliss-reactive ketones (excluding diaryl/α,β-unsaturated/α-hetero) is 1. The van der Waals surface area contributed by atoms with Crippen molar-refractivity contribution in [1.82, 2.24) is 29.2 Å². The number of aromatic nitrogens is 2. The molecule has 0 spiro atoms. The Bertz CT molecular complexity index is 1900. The van der Waals surface area contributed by atoms with E-state index < -0.39 is 12.1 Å². The van der Waals surface area contributed by atoms with Crippen molar-refractivity contribution >= 4 is 23.2 Å². The van der Waals surface area contributed by atoms with Crippen LogP contribution >= 0.6 is 0 Å². The second kappa shape index (κ2) is 14.1. The lowest BCUT2D eigenvalue weighted by Crippen LogP contribution is -2.31. The monoisotopic (exact) mass is 688 g/mol. The highest BCUT2D eigenvalue weighted by atomic mass is 19.4. The number of anilines is 1. The van der Waals surface area contributed by atoms with Gasteiger partial charge >= 0.3 is 12.1 Å². The van der Waals surface area contributed by atoms with Crippen molar-refractivity contribution in [3.05, 3.63) is 106 Å². The normalized spacial score (nSPS) is 17.9. The molecule has 12 nitrogen and oxygen atoms in total. The van der Waals surface area contributed by atoms with E-state index in [0.717, 1.165) is 77.6 Å². The van der Waals surface area contributed by atoms with Crippen LogP contribution in [0.5, 0.6) is 0 Å². The zero-order chi connectivity index (χ0) is 35.6. The number of carbonyl (C=O) groups is 3. The third-order valence-corrected chi connectivity index (χ3v) is 8.67. The van der Waals surface area contributed by atoms with Crippen molar-refractivity contribution in [3.63, 3.8) is 0 Å². The van der Waals surface area contributed by atoms with Gasteiger partial charge in [0.1, 0.15) is 11.4 Å². The molecule has 4 aliphatic heterocycles. The summed E-state index contributed by atoms with van der Waals surface area (Å²) in [5, 5.41) is 16.0. The van der Waals surface area contributed by atoms with Crippen molar-refractivity contribution in [2.24, 2.45) is 0 Å². The quantitative estimate of drug-likeness (QED) is 0.214. The Labute approximate surface area is 286 Å². The number of imidazole rings is 1. The zero-order valence-corrected chi connectivity index (χ0v) is 27.1. The number of hydrogen-bond acceptors (Lipinski definition) is 10. The second-order valence-corrected chi connectivity index (χ2v) is 12.5. The van der Waals surface area contributed by atoms with Crippen molar-refractivity contribution in [3.8, 4) is 6.07 Å². The first-order valence-electron chi connectivity index (χ1n) is 16.1. The average Bonchev–Trinajstić information content (AvgIpc) is 3.94. The number of ketones is 2. The van der Waals surface area contributed by atoms with E-state index >= 15 is 0 Å². The molecule has 0 saturated carbocycles. The van der Waals surface area contributed by atoms with Gasteiger partial charge in [0.05, 0.1) is 29.4 Å². The second-order valence-electron chi connectivity index (χ2n) is 12.5. The molecule has 5 aliphatic rings. The first-order chi connectivity index (χ1) is 23.9. The Morgan fingerprint density at radius 2 is 1.54 bits per heavy atom. The fourth-order valence-electron chi connectivity index (χ4n) is 5.78. The van der Waals surface area contributed by atoms with Crippen LogP contribution in [0.1, 0.15) is 27.9 Å². The van der Waals surface area contributed by atoms with E-state index in [4.69, 9.17) is 20.9 Å². The molecule has 3 N–H and O–H groups in total. The molecule has 15 heteroatoms.